The summed E-state index contributed by atoms with van der Waals surface area (Å²) in [5, 5.41) is 4.19. The lowest BCUT2D eigenvalue weighted by atomic mass is 9.44. The van der Waals surface area contributed by atoms with Crippen LogP contribution in [0.4, 0.5) is 0 Å². The van der Waals surface area contributed by atoms with E-state index in [4.69, 9.17) is 9.47 Å². The van der Waals surface area contributed by atoms with Crippen LogP contribution in [0.2, 0.25) is 0 Å². The Bertz CT molecular complexity index is 3770. The highest BCUT2D eigenvalue weighted by molar-refractivity contribution is 5.83. The van der Waals surface area contributed by atoms with Gasteiger partial charge in [0, 0.05) is 33.2 Å². The number of aromatic amines is 4. The molecule has 96 heavy (non-hydrogen) atoms. The van der Waals surface area contributed by atoms with E-state index in [1.54, 1.807) is 0 Å². The average Bonchev–Trinajstić information content (AvgIpc) is 1.37. The molecule has 5 heterocycles. The van der Waals surface area contributed by atoms with Gasteiger partial charge in [0.2, 0.25) is 0 Å². The summed E-state index contributed by atoms with van der Waals surface area (Å²) in [5.41, 5.74) is 15.8. The Morgan fingerprint density at radius 2 is 0.740 bits per heavy atom. The van der Waals surface area contributed by atoms with Crippen LogP contribution in [0.15, 0.2) is 84.9 Å². The summed E-state index contributed by atoms with van der Waals surface area (Å²) in [4.78, 5) is 16.5. The Morgan fingerprint density at radius 1 is 0.375 bits per heavy atom. The molecule has 6 aromatic rings. The minimum atomic E-state index is 0.125. The summed E-state index contributed by atoms with van der Waals surface area (Å²) in [6.45, 7) is 35.0. The molecule has 8 fully saturated rings. The summed E-state index contributed by atoms with van der Waals surface area (Å²) < 4.78 is 15.5. The van der Waals surface area contributed by atoms with Crippen molar-refractivity contribution in [2.24, 2.45) is 105 Å². The quantitative estimate of drug-likeness (QED) is 0.0779. The second kappa shape index (κ2) is 26.0. The van der Waals surface area contributed by atoms with Gasteiger partial charge in [-0.05, 0) is 330 Å². The van der Waals surface area contributed by atoms with Crippen molar-refractivity contribution in [3.63, 3.8) is 0 Å². The van der Waals surface area contributed by atoms with E-state index in [0.29, 0.717) is 33.5 Å². The molecule has 8 bridgehead atoms. The van der Waals surface area contributed by atoms with Gasteiger partial charge in [0.05, 0.1) is 34.3 Å². The van der Waals surface area contributed by atoms with Crippen LogP contribution in [0, 0.1) is 132 Å². The number of fused-ring (bicyclic) bond motifs is 18. The Balaban J connectivity index is 0.762. The number of ether oxygens (including phenoxy) is 2. The maximum absolute atomic E-state index is 7.77. The van der Waals surface area contributed by atoms with Crippen molar-refractivity contribution >= 4 is 22.7 Å². The fourth-order valence-corrected chi connectivity index (χ4v) is 25.5. The predicted molar refractivity (Wildman–Crippen MR) is 398 cm³/mol. The highest BCUT2D eigenvalue weighted by Gasteiger charge is 2.63. The van der Waals surface area contributed by atoms with Gasteiger partial charge in [-0.25, -0.2) is 0 Å². The van der Waals surface area contributed by atoms with Crippen molar-refractivity contribution in [3.05, 3.63) is 162 Å². The Hall–Kier alpha value is -5.36. The number of aryl methyl sites for hydroxylation is 4. The van der Waals surface area contributed by atoms with Crippen molar-refractivity contribution in [2.45, 2.75) is 263 Å². The lowest BCUT2D eigenvalue weighted by molar-refractivity contribution is -0.129. The molecule has 0 amide bonds. The molecule has 6 heteroatoms. The SMILES string of the molecule is Cc1cccc(C)c1C1=c2ccc([nH]2)=C(O[C@H]2CC[C@@]3(C)[C@@H](CC[C@@H]4[C@@H]3CC[C@]3(C)[C@@H]([C@H](C)CCCC(C)C)CC[C@@H]43)C2)c2ccc([nH]2)C(c2c(C)cccc2C)=c2ccc([nH]2)=C(O[C@H]2CC[C@@]3(C)[C@@H](CC[C@@H]4[C@@H]3CC[C@]3(C)[C@@H]([C@H](C)CCCC(C)C)CC[C@@H]43)C2)c2ccc1[nH]2. The third-order valence-corrected chi connectivity index (χ3v) is 30.5. The second-order valence-corrected chi connectivity index (χ2v) is 36.5. The number of hydrogen-bond acceptors (Lipinski definition) is 2. The number of rotatable bonds is 16. The van der Waals surface area contributed by atoms with Gasteiger partial charge in [-0.15, -0.1) is 0 Å². The molecule has 2 aromatic carbocycles. The maximum Gasteiger partial charge on any atom is 0.166 e. The van der Waals surface area contributed by atoms with Crippen molar-refractivity contribution in [1.29, 1.82) is 0 Å². The molecule has 1 aliphatic heterocycles. The van der Waals surface area contributed by atoms with Crippen molar-refractivity contribution in [2.75, 3.05) is 0 Å². The summed E-state index contributed by atoms with van der Waals surface area (Å²) in [5.74, 6) is 13.5. The highest BCUT2D eigenvalue weighted by Crippen LogP contribution is 2.71. The molecular weight excluding hydrogens is 1170 g/mol. The van der Waals surface area contributed by atoms with E-state index >= 15 is 0 Å². The van der Waals surface area contributed by atoms with Crippen LogP contribution in [0.1, 0.15) is 279 Å². The normalized spacial score (nSPS) is 34.7. The van der Waals surface area contributed by atoms with Crippen LogP contribution in [0.5, 0.6) is 0 Å². The van der Waals surface area contributed by atoms with Gasteiger partial charge in [0.25, 0.3) is 0 Å². The molecule has 0 unspecified atom stereocenters. The first-order valence-corrected chi connectivity index (χ1v) is 39.9. The molecular formula is C90H124N4O2. The monoisotopic (exact) mass is 1290 g/mol. The van der Waals surface area contributed by atoms with Gasteiger partial charge in [0.15, 0.2) is 11.5 Å². The Morgan fingerprint density at radius 3 is 1.14 bits per heavy atom. The molecule has 8 aliphatic carbocycles. The number of nitrogens with one attached hydrogen (secondary N) is 4. The van der Waals surface area contributed by atoms with Crippen LogP contribution >= 0.6 is 0 Å². The van der Waals surface area contributed by atoms with Crippen molar-refractivity contribution in [1.82, 2.24) is 19.9 Å². The molecule has 0 radical (unpaired) electrons. The molecule has 4 N–H and O–H groups in total. The first kappa shape index (κ1) is 66.5. The molecule has 18 atom stereocenters. The molecule has 0 saturated heterocycles. The van der Waals surface area contributed by atoms with E-state index < -0.39 is 0 Å². The van der Waals surface area contributed by atoms with E-state index in [1.807, 2.05) is 0 Å². The van der Waals surface area contributed by atoms with Crippen molar-refractivity contribution in [3.8, 4) is 0 Å². The summed E-state index contributed by atoms with van der Waals surface area (Å²) in [6, 6.07) is 32.1. The van der Waals surface area contributed by atoms with E-state index in [1.165, 1.54) is 173 Å². The lowest BCUT2D eigenvalue weighted by Crippen LogP contribution is -2.54. The van der Waals surface area contributed by atoms with E-state index in [9.17, 15) is 0 Å². The summed E-state index contributed by atoms with van der Waals surface area (Å²) >= 11 is 0. The van der Waals surface area contributed by atoms with Gasteiger partial charge in [-0.1, -0.05) is 144 Å². The molecule has 516 valence electrons. The fraction of sp³-hybridized carbons (Fsp3) is 0.644. The molecule has 8 saturated carbocycles. The van der Waals surface area contributed by atoms with Crippen LogP contribution in [-0.2, 0) is 9.47 Å². The minimum absolute atomic E-state index is 0.125. The summed E-state index contributed by atoms with van der Waals surface area (Å²) in [7, 11) is 0. The zero-order valence-electron chi connectivity index (χ0n) is 62.1. The van der Waals surface area contributed by atoms with E-state index in [-0.39, 0.29) is 12.2 Å². The molecule has 4 aromatic heterocycles. The van der Waals surface area contributed by atoms with Crippen LogP contribution in [0.3, 0.4) is 0 Å². The van der Waals surface area contributed by atoms with E-state index in [0.717, 1.165) is 152 Å². The predicted octanol–water partition coefficient (Wildman–Crippen LogP) is 20.4. The number of aromatic nitrogens is 4. The van der Waals surface area contributed by atoms with Crippen molar-refractivity contribution < 1.29 is 9.47 Å². The molecule has 9 aliphatic rings. The average molecular weight is 1290 g/mol. The van der Waals surface area contributed by atoms with Gasteiger partial charge >= 0.3 is 0 Å². The smallest absolute Gasteiger partial charge is 0.166 e. The fourth-order valence-electron chi connectivity index (χ4n) is 25.5. The molecule has 0 spiro atoms. The van der Waals surface area contributed by atoms with E-state index in [2.05, 4.69) is 202 Å². The third kappa shape index (κ3) is 11.6. The number of benzene rings is 2. The lowest BCUT2D eigenvalue weighted by Gasteiger charge is -2.61. The topological polar surface area (TPSA) is 81.6 Å². The van der Waals surface area contributed by atoms with Gasteiger partial charge in [0.1, 0.15) is 0 Å². The van der Waals surface area contributed by atoms with Crippen LogP contribution in [0.25, 0.3) is 22.7 Å². The second-order valence-electron chi connectivity index (χ2n) is 36.5. The minimum Gasteiger partial charge on any atom is -0.486 e. The zero-order valence-corrected chi connectivity index (χ0v) is 62.1. The Kier molecular flexibility index (Phi) is 18.0. The molecule has 15 rings (SSSR count). The first-order chi connectivity index (χ1) is 46.1. The van der Waals surface area contributed by atoms with Crippen LogP contribution in [-0.4, -0.2) is 32.1 Å². The number of H-pyrrole nitrogens is 4. The highest BCUT2D eigenvalue weighted by atomic mass is 16.5. The number of hydrogen-bond donors (Lipinski definition) is 4. The van der Waals surface area contributed by atoms with Crippen LogP contribution < -0.4 is 21.4 Å². The van der Waals surface area contributed by atoms with Gasteiger partial charge in [-0.3, -0.25) is 0 Å². The largest absolute Gasteiger partial charge is 0.486 e. The van der Waals surface area contributed by atoms with Gasteiger partial charge in [-0.2, -0.15) is 0 Å². The third-order valence-electron chi connectivity index (χ3n) is 30.5. The maximum atomic E-state index is 7.77. The zero-order chi connectivity index (χ0) is 66.7. The Labute approximate surface area is 579 Å². The summed E-state index contributed by atoms with van der Waals surface area (Å²) in [6.07, 6.45) is 32.7. The molecule has 6 nitrogen and oxygen atoms in total. The van der Waals surface area contributed by atoms with Gasteiger partial charge < -0.3 is 29.4 Å². The standard InChI is InChI=1S/C90H124N4O2/c1-53(2)19-15-21-55(5)67-31-33-69-65-29-27-61-51-63(43-47-87(61,11)71(65)45-49-89(67,69)13)95-85-77-39-35-73(91-77)83(81-57(7)23-17-24-58(81)8)75-37-41-79(93-75)86(80-42-38-76(94-80)84(74-36-40-78(85)92-74)82-59(9)25-18-26-60(82)10)96-64-44-48-88(12)62(52-64)28-30-66-70-34-32-68(56(6)22-16-20-54(3)4)90(70,14)50-46-72(66)88/h17-18,23-26,35-42,53-56,61-72,91-94H,15-16,19-22,27-34,43-52H2,1-14H3/t55-,56-,61+,62+,63+,64+,65+,66+,67-,68-,69+,70+,71+,72+,87+,88+,89-,90-/m1/s1. The first-order valence-electron chi connectivity index (χ1n) is 39.9.